The van der Waals surface area contributed by atoms with Gasteiger partial charge in [-0.15, -0.1) is 11.6 Å². The molecule has 0 aliphatic carbocycles. The summed E-state index contributed by atoms with van der Waals surface area (Å²) in [5.41, 5.74) is -0.0435. The molecule has 0 spiro atoms. The van der Waals surface area contributed by atoms with Crippen molar-refractivity contribution in [3.8, 4) is 11.5 Å². The van der Waals surface area contributed by atoms with Crippen molar-refractivity contribution in [3.05, 3.63) is 23.8 Å². The summed E-state index contributed by atoms with van der Waals surface area (Å²) in [6.45, 7) is 3.81. The normalized spacial score (nSPS) is 11.1. The summed E-state index contributed by atoms with van der Waals surface area (Å²) in [6.07, 6.45) is 0. The van der Waals surface area contributed by atoms with Gasteiger partial charge < -0.3 is 14.4 Å². The number of rotatable bonds is 5. The fourth-order valence-corrected chi connectivity index (χ4v) is 1.77. The maximum Gasteiger partial charge on any atom is 0.261 e. The topological polar surface area (TPSA) is 38.8 Å². The summed E-state index contributed by atoms with van der Waals surface area (Å²) < 4.78 is 10.5. The predicted octanol–water partition coefficient (Wildman–Crippen LogP) is 2.79. The van der Waals surface area contributed by atoms with Gasteiger partial charge in [0.2, 0.25) is 0 Å². The highest BCUT2D eigenvalue weighted by Gasteiger charge is 2.30. The molecule has 0 bridgehead atoms. The molecule has 0 aliphatic heterocycles. The molecule has 1 aromatic rings. The zero-order valence-electron chi connectivity index (χ0n) is 12.0. The van der Waals surface area contributed by atoms with Gasteiger partial charge in [-0.2, -0.15) is 0 Å². The summed E-state index contributed by atoms with van der Waals surface area (Å²) in [6, 6.07) is 5.25. The van der Waals surface area contributed by atoms with E-state index < -0.39 is 5.54 Å². The Balaban J connectivity index is 3.26. The Labute approximate surface area is 119 Å². The lowest BCUT2D eigenvalue weighted by atomic mass is 10.0. The Bertz CT molecular complexity index is 438. The number of ether oxygens (including phenoxy) is 2. The van der Waals surface area contributed by atoms with Gasteiger partial charge >= 0.3 is 0 Å². The largest absolute Gasteiger partial charge is 0.496 e. The number of halogens is 1. The first kappa shape index (κ1) is 15.6. The first-order valence-electron chi connectivity index (χ1n) is 5.94. The molecule has 0 fully saturated rings. The van der Waals surface area contributed by atoms with E-state index in [0.717, 1.165) is 0 Å². The Morgan fingerprint density at radius 2 is 1.74 bits per heavy atom. The zero-order chi connectivity index (χ0) is 14.6. The number of alkyl halides is 1. The van der Waals surface area contributed by atoms with E-state index in [1.54, 1.807) is 30.1 Å². The Morgan fingerprint density at radius 3 is 2.11 bits per heavy atom. The van der Waals surface area contributed by atoms with E-state index in [-0.39, 0.29) is 5.91 Å². The lowest BCUT2D eigenvalue weighted by Crippen LogP contribution is -2.46. The highest BCUT2D eigenvalue weighted by Crippen LogP contribution is 2.31. The van der Waals surface area contributed by atoms with Gasteiger partial charge in [-0.25, -0.2) is 0 Å². The number of hydrogen-bond donors (Lipinski definition) is 0. The highest BCUT2D eigenvalue weighted by atomic mass is 35.5. The fraction of sp³-hybridized carbons (Fsp3) is 0.500. The van der Waals surface area contributed by atoms with Gasteiger partial charge in [-0.05, 0) is 26.0 Å². The second kappa shape index (κ2) is 6.15. The lowest BCUT2D eigenvalue weighted by molar-refractivity contribution is 0.0653. The van der Waals surface area contributed by atoms with Gasteiger partial charge in [0.1, 0.15) is 17.1 Å². The Hall–Kier alpha value is -1.42. The molecule has 106 valence electrons. The van der Waals surface area contributed by atoms with Crippen LogP contribution in [-0.4, -0.2) is 43.5 Å². The SMILES string of the molecule is COc1cccc(OC)c1C(=O)N(C)C(C)(C)CCl. The van der Waals surface area contributed by atoms with Crippen molar-refractivity contribution in [2.75, 3.05) is 27.1 Å². The number of carbonyl (C=O) groups excluding carboxylic acids is 1. The van der Waals surface area contributed by atoms with Crippen molar-refractivity contribution < 1.29 is 14.3 Å². The van der Waals surface area contributed by atoms with Crippen LogP contribution < -0.4 is 9.47 Å². The average molecular weight is 286 g/mol. The summed E-state index contributed by atoms with van der Waals surface area (Å²) in [5.74, 6) is 1.13. The number of hydrogen-bond acceptors (Lipinski definition) is 3. The maximum atomic E-state index is 12.6. The van der Waals surface area contributed by atoms with E-state index in [0.29, 0.717) is 22.9 Å². The van der Waals surface area contributed by atoms with Gasteiger partial charge in [-0.1, -0.05) is 6.07 Å². The second-order valence-corrected chi connectivity index (χ2v) is 5.12. The van der Waals surface area contributed by atoms with Crippen molar-refractivity contribution in [3.63, 3.8) is 0 Å². The van der Waals surface area contributed by atoms with Gasteiger partial charge in [0, 0.05) is 12.9 Å². The van der Waals surface area contributed by atoms with Crippen LogP contribution in [0.4, 0.5) is 0 Å². The molecule has 0 aromatic heterocycles. The molecule has 1 aromatic carbocycles. The quantitative estimate of drug-likeness (QED) is 0.781. The third-order valence-corrected chi connectivity index (χ3v) is 3.84. The lowest BCUT2D eigenvalue weighted by Gasteiger charge is -2.34. The molecule has 5 heteroatoms. The maximum absolute atomic E-state index is 12.6. The zero-order valence-corrected chi connectivity index (χ0v) is 12.7. The molecular weight excluding hydrogens is 266 g/mol. The predicted molar refractivity (Wildman–Crippen MR) is 76.4 cm³/mol. The van der Waals surface area contributed by atoms with Crippen molar-refractivity contribution >= 4 is 17.5 Å². The Kier molecular flexibility index (Phi) is 5.06. The van der Waals surface area contributed by atoms with E-state index in [1.807, 2.05) is 13.8 Å². The molecule has 0 aliphatic rings. The molecular formula is C14H20ClNO3. The molecule has 0 saturated carbocycles. The monoisotopic (exact) mass is 285 g/mol. The number of carbonyl (C=O) groups is 1. The molecule has 19 heavy (non-hydrogen) atoms. The minimum absolute atomic E-state index is 0.181. The highest BCUT2D eigenvalue weighted by molar-refractivity contribution is 6.18. The molecule has 0 radical (unpaired) electrons. The second-order valence-electron chi connectivity index (χ2n) is 4.85. The Morgan fingerprint density at radius 1 is 1.26 bits per heavy atom. The van der Waals surface area contributed by atoms with E-state index in [4.69, 9.17) is 21.1 Å². The summed E-state index contributed by atoms with van der Waals surface area (Å²) >= 11 is 5.91. The average Bonchev–Trinajstić information content (AvgIpc) is 2.44. The number of benzene rings is 1. The first-order chi connectivity index (χ1) is 8.88. The molecule has 0 heterocycles. The molecule has 0 atom stereocenters. The van der Waals surface area contributed by atoms with Gasteiger partial charge in [-0.3, -0.25) is 4.79 Å². The van der Waals surface area contributed by atoms with Gasteiger partial charge in [0.05, 0.1) is 19.8 Å². The fourth-order valence-electron chi connectivity index (χ4n) is 1.59. The molecule has 1 rings (SSSR count). The van der Waals surface area contributed by atoms with Gasteiger partial charge in [0.15, 0.2) is 0 Å². The van der Waals surface area contributed by atoms with Crippen LogP contribution in [0.1, 0.15) is 24.2 Å². The summed E-state index contributed by atoms with van der Waals surface area (Å²) in [7, 11) is 4.77. The van der Waals surface area contributed by atoms with Crippen molar-refractivity contribution in [1.29, 1.82) is 0 Å². The minimum Gasteiger partial charge on any atom is -0.496 e. The van der Waals surface area contributed by atoms with E-state index in [1.165, 1.54) is 14.2 Å². The van der Waals surface area contributed by atoms with Gasteiger partial charge in [0.25, 0.3) is 5.91 Å². The standard InChI is InChI=1S/C14H20ClNO3/c1-14(2,9-15)16(3)13(17)12-10(18-4)7-6-8-11(12)19-5/h6-8H,9H2,1-5H3. The van der Waals surface area contributed by atoms with Crippen LogP contribution in [0.5, 0.6) is 11.5 Å². The molecule has 0 unspecified atom stereocenters. The number of amides is 1. The van der Waals surface area contributed by atoms with Crippen molar-refractivity contribution in [2.24, 2.45) is 0 Å². The van der Waals surface area contributed by atoms with Crippen molar-refractivity contribution in [1.82, 2.24) is 4.90 Å². The smallest absolute Gasteiger partial charge is 0.261 e. The van der Waals surface area contributed by atoms with Crippen molar-refractivity contribution in [2.45, 2.75) is 19.4 Å². The van der Waals surface area contributed by atoms with Crippen LogP contribution in [0.25, 0.3) is 0 Å². The van der Waals surface area contributed by atoms with Crippen LogP contribution in [0, 0.1) is 0 Å². The molecule has 0 saturated heterocycles. The van der Waals surface area contributed by atoms with Crippen LogP contribution in [0.3, 0.4) is 0 Å². The molecule has 4 nitrogen and oxygen atoms in total. The van der Waals surface area contributed by atoms with Crippen LogP contribution in [0.15, 0.2) is 18.2 Å². The first-order valence-corrected chi connectivity index (χ1v) is 6.47. The third kappa shape index (κ3) is 3.13. The molecule has 1 amide bonds. The minimum atomic E-state index is -0.454. The van der Waals surface area contributed by atoms with Crippen LogP contribution in [0.2, 0.25) is 0 Å². The van der Waals surface area contributed by atoms with Crippen LogP contribution in [-0.2, 0) is 0 Å². The number of methoxy groups -OCH3 is 2. The summed E-state index contributed by atoms with van der Waals surface area (Å²) in [5, 5.41) is 0. The van der Waals surface area contributed by atoms with E-state index in [9.17, 15) is 4.79 Å². The van der Waals surface area contributed by atoms with E-state index >= 15 is 0 Å². The third-order valence-electron chi connectivity index (χ3n) is 3.18. The van der Waals surface area contributed by atoms with E-state index in [2.05, 4.69) is 0 Å². The van der Waals surface area contributed by atoms with Crippen LogP contribution >= 0.6 is 11.6 Å². The summed E-state index contributed by atoms with van der Waals surface area (Å²) in [4.78, 5) is 14.2. The molecule has 0 N–H and O–H groups in total. The number of nitrogens with zero attached hydrogens (tertiary/aromatic N) is 1.